The highest BCUT2D eigenvalue weighted by Gasteiger charge is 2.19. The summed E-state index contributed by atoms with van der Waals surface area (Å²) in [5.41, 5.74) is 1.42. The maximum absolute atomic E-state index is 11.0. The van der Waals surface area contributed by atoms with Gasteiger partial charge in [-0.05, 0) is 5.56 Å². The number of nitro groups is 1. The van der Waals surface area contributed by atoms with Crippen LogP contribution in [0.3, 0.4) is 0 Å². The molecule has 0 amide bonds. The van der Waals surface area contributed by atoms with Crippen molar-refractivity contribution in [3.63, 3.8) is 0 Å². The van der Waals surface area contributed by atoms with Gasteiger partial charge in [-0.15, -0.1) is 0 Å². The minimum Gasteiger partial charge on any atom is -0.258 e. The summed E-state index contributed by atoms with van der Waals surface area (Å²) in [5.74, 6) is 0. The topological polar surface area (TPSA) is 56.0 Å². The Balaban J connectivity index is 2.26. The lowest BCUT2D eigenvalue weighted by molar-refractivity contribution is -0.385. The molecule has 0 N–H and O–H groups in total. The number of nitrogens with zero attached hydrogens (tertiary/aromatic N) is 2. The zero-order valence-electron chi connectivity index (χ0n) is 9.79. The van der Waals surface area contributed by atoms with E-state index in [9.17, 15) is 10.1 Å². The number of aromatic nitrogens is 1. The van der Waals surface area contributed by atoms with Crippen LogP contribution in [0.2, 0.25) is 5.02 Å². The maximum Gasteiger partial charge on any atom is 0.292 e. The van der Waals surface area contributed by atoms with Crippen LogP contribution in [0.4, 0.5) is 5.69 Å². The SMILES string of the molecule is O=[N+]([O-])c1cc(Cl)cnc1CC(Br)c1ccccc1. The molecule has 0 saturated heterocycles. The number of halogens is 2. The zero-order valence-corrected chi connectivity index (χ0v) is 12.1. The van der Waals surface area contributed by atoms with Gasteiger partial charge in [0.25, 0.3) is 5.69 Å². The average molecular weight is 342 g/mol. The fraction of sp³-hybridized carbons (Fsp3) is 0.154. The van der Waals surface area contributed by atoms with Crippen LogP contribution in [0.1, 0.15) is 16.1 Å². The summed E-state index contributed by atoms with van der Waals surface area (Å²) in [6.07, 6.45) is 1.85. The molecule has 4 nitrogen and oxygen atoms in total. The van der Waals surface area contributed by atoms with Gasteiger partial charge in [0, 0.05) is 23.5 Å². The van der Waals surface area contributed by atoms with Gasteiger partial charge in [-0.2, -0.15) is 0 Å². The molecule has 0 aliphatic heterocycles. The fourth-order valence-electron chi connectivity index (χ4n) is 1.72. The molecule has 19 heavy (non-hydrogen) atoms. The van der Waals surface area contributed by atoms with E-state index in [1.165, 1.54) is 12.3 Å². The van der Waals surface area contributed by atoms with Gasteiger partial charge in [0.2, 0.25) is 0 Å². The molecule has 0 spiro atoms. The Labute approximate surface area is 123 Å². The van der Waals surface area contributed by atoms with E-state index < -0.39 is 4.92 Å². The summed E-state index contributed by atoms with van der Waals surface area (Å²) in [4.78, 5) is 14.6. The highest BCUT2D eigenvalue weighted by molar-refractivity contribution is 9.09. The lowest BCUT2D eigenvalue weighted by Gasteiger charge is -2.09. The Morgan fingerprint density at radius 2 is 2.05 bits per heavy atom. The van der Waals surface area contributed by atoms with Crippen molar-refractivity contribution in [1.82, 2.24) is 4.98 Å². The molecule has 2 aromatic rings. The van der Waals surface area contributed by atoms with Gasteiger partial charge < -0.3 is 0 Å². The molecule has 1 aromatic carbocycles. The maximum atomic E-state index is 11.0. The van der Waals surface area contributed by atoms with Crippen molar-refractivity contribution in [2.45, 2.75) is 11.2 Å². The van der Waals surface area contributed by atoms with Crippen LogP contribution in [-0.2, 0) is 6.42 Å². The van der Waals surface area contributed by atoms with Crippen LogP contribution in [0, 0.1) is 10.1 Å². The highest BCUT2D eigenvalue weighted by Crippen LogP contribution is 2.30. The summed E-state index contributed by atoms with van der Waals surface area (Å²) in [5, 5.41) is 11.2. The Hall–Kier alpha value is -1.46. The average Bonchev–Trinajstić information content (AvgIpc) is 2.41. The molecule has 0 aliphatic carbocycles. The van der Waals surface area contributed by atoms with Crippen LogP contribution < -0.4 is 0 Å². The molecular weight excluding hydrogens is 332 g/mol. The van der Waals surface area contributed by atoms with Crippen LogP contribution in [0.5, 0.6) is 0 Å². The van der Waals surface area contributed by atoms with Crippen molar-refractivity contribution < 1.29 is 4.92 Å². The van der Waals surface area contributed by atoms with Gasteiger partial charge in [0.05, 0.1) is 9.95 Å². The van der Waals surface area contributed by atoms with Crippen molar-refractivity contribution in [2.75, 3.05) is 0 Å². The first-order valence-corrected chi connectivity index (χ1v) is 6.85. The molecule has 2 rings (SSSR count). The molecule has 0 aliphatic rings. The van der Waals surface area contributed by atoms with Crippen LogP contribution in [0.15, 0.2) is 42.6 Å². The molecule has 0 fully saturated rings. The molecule has 0 radical (unpaired) electrons. The van der Waals surface area contributed by atoms with Crippen LogP contribution in [-0.4, -0.2) is 9.91 Å². The van der Waals surface area contributed by atoms with Gasteiger partial charge in [-0.25, -0.2) is 0 Å². The van der Waals surface area contributed by atoms with Crippen molar-refractivity contribution in [2.24, 2.45) is 0 Å². The summed E-state index contributed by atoms with van der Waals surface area (Å²) >= 11 is 9.26. The molecule has 1 heterocycles. The molecular formula is C13H10BrClN2O2. The van der Waals surface area contributed by atoms with E-state index in [-0.39, 0.29) is 15.5 Å². The van der Waals surface area contributed by atoms with Gasteiger partial charge in [0.1, 0.15) is 5.69 Å². The number of alkyl halides is 1. The molecule has 0 saturated carbocycles. The first-order chi connectivity index (χ1) is 9.08. The summed E-state index contributed by atoms with van der Waals surface area (Å²) in [7, 11) is 0. The smallest absolute Gasteiger partial charge is 0.258 e. The molecule has 1 atom stereocenters. The van der Waals surface area contributed by atoms with E-state index in [2.05, 4.69) is 20.9 Å². The zero-order chi connectivity index (χ0) is 13.8. The quantitative estimate of drug-likeness (QED) is 0.473. The van der Waals surface area contributed by atoms with Gasteiger partial charge in [-0.3, -0.25) is 15.1 Å². The van der Waals surface area contributed by atoms with Gasteiger partial charge >= 0.3 is 0 Å². The molecule has 98 valence electrons. The van der Waals surface area contributed by atoms with Crippen molar-refractivity contribution in [3.05, 3.63) is 69.0 Å². The lowest BCUT2D eigenvalue weighted by Crippen LogP contribution is -2.02. The first-order valence-electron chi connectivity index (χ1n) is 5.55. The molecule has 0 bridgehead atoms. The Kier molecular flexibility index (Phi) is 4.50. The first kappa shape index (κ1) is 14.0. The van der Waals surface area contributed by atoms with E-state index >= 15 is 0 Å². The van der Waals surface area contributed by atoms with Gasteiger partial charge in [0.15, 0.2) is 0 Å². The number of pyridine rings is 1. The number of rotatable bonds is 4. The number of hydrogen-bond acceptors (Lipinski definition) is 3. The van der Waals surface area contributed by atoms with Crippen molar-refractivity contribution in [1.29, 1.82) is 0 Å². The highest BCUT2D eigenvalue weighted by atomic mass is 79.9. The molecule has 6 heteroatoms. The second-order valence-corrected chi connectivity index (χ2v) is 5.50. The second-order valence-electron chi connectivity index (χ2n) is 3.96. The molecule has 1 unspecified atom stereocenters. The Morgan fingerprint density at radius 1 is 1.37 bits per heavy atom. The normalized spacial score (nSPS) is 12.1. The largest absolute Gasteiger partial charge is 0.292 e. The van der Waals surface area contributed by atoms with E-state index in [4.69, 9.17) is 11.6 Å². The number of benzene rings is 1. The van der Waals surface area contributed by atoms with Crippen molar-refractivity contribution in [3.8, 4) is 0 Å². The van der Waals surface area contributed by atoms with E-state index in [1.807, 2.05) is 30.3 Å². The fourth-order valence-corrected chi connectivity index (χ4v) is 2.49. The summed E-state index contributed by atoms with van der Waals surface area (Å²) in [6, 6.07) is 11.0. The van der Waals surface area contributed by atoms with E-state index in [1.54, 1.807) is 0 Å². The second kappa shape index (κ2) is 6.12. The third kappa shape index (κ3) is 3.52. The Morgan fingerprint density at radius 3 is 2.68 bits per heavy atom. The predicted octanol–water partition coefficient (Wildman–Crippen LogP) is 4.32. The summed E-state index contributed by atoms with van der Waals surface area (Å²) in [6.45, 7) is 0. The Bertz CT molecular complexity index is 592. The summed E-state index contributed by atoms with van der Waals surface area (Å²) < 4.78 is 0. The number of hydrogen-bond donors (Lipinski definition) is 0. The predicted molar refractivity (Wildman–Crippen MR) is 77.7 cm³/mol. The third-order valence-corrected chi connectivity index (χ3v) is 3.70. The standard InChI is InChI=1S/C13H10BrClN2O2/c14-11(9-4-2-1-3-5-9)7-12-13(17(18)19)6-10(15)8-16-12/h1-6,8,11H,7H2. The lowest BCUT2D eigenvalue weighted by atomic mass is 10.1. The minimum atomic E-state index is -0.459. The van der Waals surface area contributed by atoms with E-state index in [0.29, 0.717) is 12.1 Å². The van der Waals surface area contributed by atoms with Crippen LogP contribution in [0.25, 0.3) is 0 Å². The van der Waals surface area contributed by atoms with Crippen molar-refractivity contribution >= 4 is 33.2 Å². The van der Waals surface area contributed by atoms with E-state index in [0.717, 1.165) is 5.56 Å². The third-order valence-electron chi connectivity index (χ3n) is 2.64. The van der Waals surface area contributed by atoms with Crippen LogP contribution >= 0.6 is 27.5 Å². The van der Waals surface area contributed by atoms with Gasteiger partial charge in [-0.1, -0.05) is 57.9 Å². The minimum absolute atomic E-state index is 0.0268. The molecule has 1 aromatic heterocycles. The monoisotopic (exact) mass is 340 g/mol.